The van der Waals surface area contributed by atoms with Gasteiger partial charge in [-0.15, -0.1) is 0 Å². The Kier molecular flexibility index (Phi) is 3.93. The van der Waals surface area contributed by atoms with Gasteiger partial charge < -0.3 is 0 Å². The molecule has 0 fully saturated rings. The van der Waals surface area contributed by atoms with Gasteiger partial charge in [0.25, 0.3) is 0 Å². The molecule has 2 nitrogen and oxygen atoms in total. The number of hydrogen-bond donors (Lipinski definition) is 0. The summed E-state index contributed by atoms with van der Waals surface area (Å²) in [5, 5.41) is 0.374. The summed E-state index contributed by atoms with van der Waals surface area (Å²) in [6.45, 7) is 0. The third kappa shape index (κ3) is 3.26. The van der Waals surface area contributed by atoms with E-state index in [0.29, 0.717) is 28.5 Å². The Morgan fingerprint density at radius 1 is 1.00 bits per heavy atom. The van der Waals surface area contributed by atoms with Crippen molar-refractivity contribution >= 4 is 11.6 Å². The highest BCUT2D eigenvalue weighted by Crippen LogP contribution is 2.22. The first-order valence-electron chi connectivity index (χ1n) is 6.53. The first-order valence-corrected chi connectivity index (χ1v) is 6.91. The molecule has 0 radical (unpaired) electrons. The molecule has 1 aromatic heterocycles. The summed E-state index contributed by atoms with van der Waals surface area (Å²) in [4.78, 5) is 8.68. The quantitative estimate of drug-likeness (QED) is 0.710. The lowest BCUT2D eigenvalue weighted by molar-refractivity contribution is 0.628. The maximum absolute atomic E-state index is 13.3. The Balaban J connectivity index is 1.97. The largest absolute Gasteiger partial charge is 0.248 e. The first kappa shape index (κ1) is 13.7. The molecule has 0 aliphatic rings. The number of rotatable bonds is 3. The topological polar surface area (TPSA) is 25.8 Å². The minimum Gasteiger partial charge on any atom is -0.248 e. The lowest BCUT2D eigenvalue weighted by atomic mass is 10.1. The average Bonchev–Trinajstić information content (AvgIpc) is 2.50. The highest BCUT2D eigenvalue weighted by Gasteiger charge is 2.08. The SMILES string of the molecule is Fc1cccc(-c2cnc(Cl)c(Cc3ccccc3)n2)c1. The normalized spacial score (nSPS) is 10.6. The van der Waals surface area contributed by atoms with Gasteiger partial charge in [-0.25, -0.2) is 14.4 Å². The summed E-state index contributed by atoms with van der Waals surface area (Å²) in [5.74, 6) is -0.297. The molecule has 3 rings (SSSR count). The number of benzene rings is 2. The molecule has 4 heteroatoms. The van der Waals surface area contributed by atoms with Crippen molar-refractivity contribution in [3.05, 3.63) is 83.0 Å². The van der Waals surface area contributed by atoms with Gasteiger partial charge in [-0.05, 0) is 17.7 Å². The fraction of sp³-hybridized carbons (Fsp3) is 0.0588. The fourth-order valence-electron chi connectivity index (χ4n) is 2.10. The van der Waals surface area contributed by atoms with E-state index >= 15 is 0 Å². The van der Waals surface area contributed by atoms with E-state index < -0.39 is 0 Å². The molecule has 21 heavy (non-hydrogen) atoms. The van der Waals surface area contributed by atoms with E-state index in [1.165, 1.54) is 12.1 Å². The van der Waals surface area contributed by atoms with E-state index in [1.54, 1.807) is 18.3 Å². The number of nitrogens with zero attached hydrogens (tertiary/aromatic N) is 2. The van der Waals surface area contributed by atoms with Crippen molar-refractivity contribution in [1.82, 2.24) is 9.97 Å². The van der Waals surface area contributed by atoms with Crippen LogP contribution >= 0.6 is 11.6 Å². The lowest BCUT2D eigenvalue weighted by Crippen LogP contribution is -1.98. The summed E-state index contributed by atoms with van der Waals surface area (Å²) in [6, 6.07) is 16.2. The van der Waals surface area contributed by atoms with Gasteiger partial charge in [-0.3, -0.25) is 0 Å². The van der Waals surface area contributed by atoms with Crippen molar-refractivity contribution in [2.75, 3.05) is 0 Å². The lowest BCUT2D eigenvalue weighted by Gasteiger charge is -2.07. The molecule has 0 spiro atoms. The summed E-state index contributed by atoms with van der Waals surface area (Å²) >= 11 is 6.12. The summed E-state index contributed by atoms with van der Waals surface area (Å²) < 4.78 is 13.3. The second-order valence-corrected chi connectivity index (χ2v) is 5.02. The smallest absolute Gasteiger partial charge is 0.150 e. The van der Waals surface area contributed by atoms with Crippen molar-refractivity contribution in [2.24, 2.45) is 0 Å². The minimum absolute atomic E-state index is 0.297. The Hall–Kier alpha value is -2.26. The summed E-state index contributed by atoms with van der Waals surface area (Å²) in [7, 11) is 0. The zero-order chi connectivity index (χ0) is 14.7. The van der Waals surface area contributed by atoms with Gasteiger partial charge in [0.05, 0.1) is 17.6 Å². The Bertz CT molecular complexity index is 760. The summed E-state index contributed by atoms with van der Waals surface area (Å²) in [5.41, 5.74) is 3.09. The average molecular weight is 299 g/mol. The van der Waals surface area contributed by atoms with Gasteiger partial charge in [0, 0.05) is 12.0 Å². The fourth-order valence-corrected chi connectivity index (χ4v) is 2.26. The van der Waals surface area contributed by atoms with Crippen LogP contribution < -0.4 is 0 Å². The van der Waals surface area contributed by atoms with Crippen molar-refractivity contribution in [3.8, 4) is 11.3 Å². The van der Waals surface area contributed by atoms with Crippen LogP contribution in [0.15, 0.2) is 60.8 Å². The molecule has 1 heterocycles. The molecule has 2 aromatic carbocycles. The second kappa shape index (κ2) is 6.02. The Morgan fingerprint density at radius 3 is 2.57 bits per heavy atom. The molecule has 0 saturated heterocycles. The maximum Gasteiger partial charge on any atom is 0.150 e. The van der Waals surface area contributed by atoms with Crippen molar-refractivity contribution in [2.45, 2.75) is 6.42 Å². The van der Waals surface area contributed by atoms with Crippen LogP contribution in [0, 0.1) is 5.82 Å². The molecular weight excluding hydrogens is 287 g/mol. The molecule has 0 amide bonds. The van der Waals surface area contributed by atoms with Crippen LogP contribution in [0.25, 0.3) is 11.3 Å². The molecule has 0 aliphatic carbocycles. The molecule has 0 atom stereocenters. The highest BCUT2D eigenvalue weighted by atomic mass is 35.5. The van der Waals surface area contributed by atoms with Gasteiger partial charge in [-0.1, -0.05) is 54.1 Å². The molecule has 3 aromatic rings. The Labute approximate surface area is 127 Å². The first-order chi connectivity index (χ1) is 10.2. The van der Waals surface area contributed by atoms with Gasteiger partial charge in [0.1, 0.15) is 5.82 Å². The van der Waals surface area contributed by atoms with Gasteiger partial charge in [0.15, 0.2) is 5.15 Å². The van der Waals surface area contributed by atoms with E-state index in [1.807, 2.05) is 30.3 Å². The molecular formula is C17H12ClFN2. The van der Waals surface area contributed by atoms with Crippen molar-refractivity contribution in [3.63, 3.8) is 0 Å². The molecule has 0 unspecified atom stereocenters. The van der Waals surface area contributed by atoms with E-state index in [2.05, 4.69) is 9.97 Å². The maximum atomic E-state index is 13.3. The van der Waals surface area contributed by atoms with Gasteiger partial charge >= 0.3 is 0 Å². The van der Waals surface area contributed by atoms with Gasteiger partial charge in [0.2, 0.25) is 0 Å². The number of hydrogen-bond acceptors (Lipinski definition) is 2. The van der Waals surface area contributed by atoms with Crippen LogP contribution in [0.4, 0.5) is 4.39 Å². The molecule has 0 N–H and O–H groups in total. The van der Waals surface area contributed by atoms with Gasteiger partial charge in [-0.2, -0.15) is 0 Å². The van der Waals surface area contributed by atoms with E-state index in [4.69, 9.17) is 11.6 Å². The summed E-state index contributed by atoms with van der Waals surface area (Å²) in [6.07, 6.45) is 2.15. The zero-order valence-corrected chi connectivity index (χ0v) is 11.9. The molecule has 104 valence electrons. The molecule has 0 bridgehead atoms. The zero-order valence-electron chi connectivity index (χ0n) is 11.1. The molecule has 0 aliphatic heterocycles. The monoisotopic (exact) mass is 298 g/mol. The van der Waals surface area contributed by atoms with Crippen LogP contribution in [0.1, 0.15) is 11.3 Å². The van der Waals surface area contributed by atoms with Crippen LogP contribution in [0.2, 0.25) is 5.15 Å². The third-order valence-electron chi connectivity index (χ3n) is 3.13. The standard InChI is InChI=1S/C17H12ClFN2/c18-17-15(9-12-5-2-1-3-6-12)21-16(11-20-17)13-7-4-8-14(19)10-13/h1-8,10-11H,9H2. The van der Waals surface area contributed by atoms with Crippen molar-refractivity contribution < 1.29 is 4.39 Å². The Morgan fingerprint density at radius 2 is 1.81 bits per heavy atom. The predicted molar refractivity (Wildman–Crippen MR) is 81.7 cm³/mol. The number of aromatic nitrogens is 2. The van der Waals surface area contributed by atoms with E-state index in [0.717, 1.165) is 5.56 Å². The second-order valence-electron chi connectivity index (χ2n) is 4.67. The van der Waals surface area contributed by atoms with E-state index in [9.17, 15) is 4.39 Å². The predicted octanol–water partition coefficient (Wildman–Crippen LogP) is 4.53. The third-order valence-corrected chi connectivity index (χ3v) is 3.44. The number of halogens is 2. The van der Waals surface area contributed by atoms with E-state index in [-0.39, 0.29) is 5.82 Å². The van der Waals surface area contributed by atoms with Crippen LogP contribution in [0.5, 0.6) is 0 Å². The van der Waals surface area contributed by atoms with Crippen LogP contribution in [0.3, 0.4) is 0 Å². The van der Waals surface area contributed by atoms with Crippen LogP contribution in [-0.4, -0.2) is 9.97 Å². The van der Waals surface area contributed by atoms with Crippen LogP contribution in [-0.2, 0) is 6.42 Å². The minimum atomic E-state index is -0.297. The highest BCUT2D eigenvalue weighted by molar-refractivity contribution is 6.30. The molecule has 0 saturated carbocycles. The van der Waals surface area contributed by atoms with Crippen molar-refractivity contribution in [1.29, 1.82) is 0 Å².